The third-order valence-corrected chi connectivity index (χ3v) is 9.06. The molecule has 38 heavy (non-hydrogen) atoms. The summed E-state index contributed by atoms with van der Waals surface area (Å²) in [4.78, 5) is 0. The van der Waals surface area contributed by atoms with E-state index in [1.54, 1.807) is 0 Å². The van der Waals surface area contributed by atoms with Crippen molar-refractivity contribution < 1.29 is 0 Å². The van der Waals surface area contributed by atoms with Gasteiger partial charge >= 0.3 is 0 Å². The first-order valence-electron chi connectivity index (χ1n) is 13.6. The van der Waals surface area contributed by atoms with E-state index in [1.165, 1.54) is 108 Å². The summed E-state index contributed by atoms with van der Waals surface area (Å²) in [6.07, 6.45) is 0. The molecule has 0 heterocycles. The smallest absolute Gasteiger partial charge is 0.00197 e. The molecule has 0 aliphatic heterocycles. The Balaban J connectivity index is 1.58. The van der Waals surface area contributed by atoms with Crippen molar-refractivity contribution in [3.8, 4) is 0 Å². The van der Waals surface area contributed by atoms with Crippen molar-refractivity contribution in [2.75, 3.05) is 0 Å². The summed E-state index contributed by atoms with van der Waals surface area (Å²) in [5.74, 6) is 0. The lowest BCUT2D eigenvalue weighted by Gasteiger charge is -2.13. The highest BCUT2D eigenvalue weighted by Crippen LogP contribution is 2.47. The molecule has 0 nitrogen and oxygen atoms in total. The molecule has 178 valence electrons. The Bertz CT molecular complexity index is 2300. The monoisotopic (exact) mass is 482 g/mol. The highest BCUT2D eigenvalue weighted by molar-refractivity contribution is 6.40. The zero-order valence-electron chi connectivity index (χ0n) is 22.1. The van der Waals surface area contributed by atoms with Crippen LogP contribution in [0.3, 0.4) is 0 Å². The fourth-order valence-electron chi connectivity index (χ4n) is 7.51. The molecule has 0 aliphatic carbocycles. The second kappa shape index (κ2) is 6.71. The Morgan fingerprint density at radius 1 is 0.237 bits per heavy atom. The third kappa shape index (κ3) is 2.42. The van der Waals surface area contributed by atoms with Crippen LogP contribution in [0.15, 0.2) is 84.9 Å². The van der Waals surface area contributed by atoms with Crippen LogP contribution in [0.25, 0.3) is 86.2 Å². The van der Waals surface area contributed by atoms with E-state index in [2.05, 4.69) is 113 Å². The van der Waals surface area contributed by atoms with Gasteiger partial charge < -0.3 is 0 Å². The first-order chi connectivity index (χ1) is 18.5. The summed E-state index contributed by atoms with van der Waals surface area (Å²) < 4.78 is 0. The van der Waals surface area contributed by atoms with Crippen molar-refractivity contribution in [3.05, 3.63) is 107 Å². The molecule has 9 aromatic rings. The van der Waals surface area contributed by atoms with Gasteiger partial charge in [0.15, 0.2) is 0 Å². The lowest BCUT2D eigenvalue weighted by molar-refractivity contribution is 1.51. The maximum Gasteiger partial charge on any atom is -0.00197 e. The molecule has 0 aromatic heterocycles. The highest BCUT2D eigenvalue weighted by atomic mass is 14.2. The molecule has 0 spiro atoms. The molecule has 0 radical (unpaired) electrons. The molecule has 0 amide bonds. The van der Waals surface area contributed by atoms with Gasteiger partial charge in [0, 0.05) is 0 Å². The lowest BCUT2D eigenvalue weighted by atomic mass is 9.90. The standard InChI is InChI=1S/C38H26/c1-19-5-7-23-27(11-19)33-15-21(3)13-31-25-9-10-26-30(29(25)17-35(23)37(31)33)18-36-24-8-6-20(2)12-28(24)34-16-22(4)14-32(26)38(34)36/h5-18H,1-4H3. The minimum Gasteiger partial charge on any atom is -0.0587 e. The summed E-state index contributed by atoms with van der Waals surface area (Å²) in [6.45, 7) is 8.87. The van der Waals surface area contributed by atoms with E-state index in [-0.39, 0.29) is 0 Å². The van der Waals surface area contributed by atoms with Gasteiger partial charge in [0.2, 0.25) is 0 Å². The van der Waals surface area contributed by atoms with E-state index >= 15 is 0 Å². The van der Waals surface area contributed by atoms with Crippen LogP contribution in [0.5, 0.6) is 0 Å². The predicted octanol–water partition coefficient (Wildman–Crippen LogP) is 11.0. The number of hydrogen-bond acceptors (Lipinski definition) is 0. The first kappa shape index (κ1) is 20.6. The molecule has 0 fully saturated rings. The first-order valence-corrected chi connectivity index (χ1v) is 13.6. The largest absolute Gasteiger partial charge is 0.0587 e. The van der Waals surface area contributed by atoms with Crippen LogP contribution < -0.4 is 0 Å². The summed E-state index contributed by atoms with van der Waals surface area (Å²) >= 11 is 0. The molecule has 0 N–H and O–H groups in total. The van der Waals surface area contributed by atoms with Gasteiger partial charge in [-0.25, -0.2) is 0 Å². The van der Waals surface area contributed by atoms with Gasteiger partial charge in [-0.05, 0) is 137 Å². The van der Waals surface area contributed by atoms with Crippen molar-refractivity contribution in [3.63, 3.8) is 0 Å². The van der Waals surface area contributed by atoms with Crippen molar-refractivity contribution in [2.45, 2.75) is 27.7 Å². The van der Waals surface area contributed by atoms with E-state index < -0.39 is 0 Å². The second-order valence-electron chi connectivity index (χ2n) is 11.7. The van der Waals surface area contributed by atoms with Crippen LogP contribution in [0.2, 0.25) is 0 Å². The van der Waals surface area contributed by atoms with Crippen LogP contribution in [-0.4, -0.2) is 0 Å². The van der Waals surface area contributed by atoms with Crippen LogP contribution in [0.4, 0.5) is 0 Å². The molecular formula is C38H26. The van der Waals surface area contributed by atoms with Gasteiger partial charge in [0.05, 0.1) is 0 Å². The fraction of sp³-hybridized carbons (Fsp3) is 0.105. The number of aryl methyl sites for hydroxylation is 4. The van der Waals surface area contributed by atoms with Crippen molar-refractivity contribution in [1.82, 2.24) is 0 Å². The average Bonchev–Trinajstić information content (AvgIpc) is 3.37. The van der Waals surface area contributed by atoms with Crippen LogP contribution in [-0.2, 0) is 0 Å². The Hall–Kier alpha value is -4.42. The molecular weight excluding hydrogens is 456 g/mol. The second-order valence-corrected chi connectivity index (χ2v) is 11.7. The minimum atomic E-state index is 1.32. The third-order valence-electron chi connectivity index (χ3n) is 9.06. The Kier molecular flexibility index (Phi) is 3.64. The van der Waals surface area contributed by atoms with E-state index in [9.17, 15) is 0 Å². The molecule has 0 atom stereocenters. The zero-order chi connectivity index (χ0) is 25.4. The van der Waals surface area contributed by atoms with Crippen LogP contribution in [0.1, 0.15) is 22.3 Å². The maximum atomic E-state index is 2.49. The van der Waals surface area contributed by atoms with E-state index in [4.69, 9.17) is 0 Å². The normalized spacial score (nSPS) is 12.7. The summed E-state index contributed by atoms with van der Waals surface area (Å²) in [5, 5.41) is 22.0. The number of benzene rings is 7. The van der Waals surface area contributed by atoms with Crippen LogP contribution >= 0.6 is 0 Å². The Morgan fingerprint density at radius 3 is 0.895 bits per heavy atom. The molecule has 0 saturated carbocycles. The van der Waals surface area contributed by atoms with Crippen LogP contribution in [0, 0.1) is 27.7 Å². The van der Waals surface area contributed by atoms with Gasteiger partial charge in [-0.1, -0.05) is 83.9 Å². The molecule has 0 heteroatoms. The summed E-state index contributed by atoms with van der Waals surface area (Å²) in [7, 11) is 0. The van der Waals surface area contributed by atoms with E-state index in [0.717, 1.165) is 0 Å². The van der Waals surface area contributed by atoms with Gasteiger partial charge in [-0.15, -0.1) is 0 Å². The SMILES string of the molecule is Cc1ccc2c(c1)c1cc(C)cc3c4ccc5c(cc6c7ccc(C)cc7c7cc(C)cc5c76)c4cc2c31. The molecule has 0 bridgehead atoms. The molecule has 0 aliphatic rings. The Labute approximate surface area is 220 Å². The van der Waals surface area contributed by atoms with Gasteiger partial charge in [0.25, 0.3) is 0 Å². The lowest BCUT2D eigenvalue weighted by Crippen LogP contribution is -1.85. The van der Waals surface area contributed by atoms with E-state index in [1.807, 2.05) is 0 Å². The molecule has 9 rings (SSSR count). The maximum absolute atomic E-state index is 2.49. The van der Waals surface area contributed by atoms with Gasteiger partial charge in [-0.2, -0.15) is 0 Å². The average molecular weight is 483 g/mol. The number of rotatable bonds is 0. The summed E-state index contributed by atoms with van der Waals surface area (Å²) in [5.41, 5.74) is 5.27. The number of fused-ring (bicyclic) bond motifs is 11. The summed E-state index contributed by atoms with van der Waals surface area (Å²) in [6, 6.07) is 33.2. The predicted molar refractivity (Wildman–Crippen MR) is 168 cm³/mol. The van der Waals surface area contributed by atoms with E-state index in [0.29, 0.717) is 0 Å². The Morgan fingerprint density at radius 2 is 0.500 bits per heavy atom. The van der Waals surface area contributed by atoms with Crippen molar-refractivity contribution in [1.29, 1.82) is 0 Å². The van der Waals surface area contributed by atoms with Crippen molar-refractivity contribution >= 4 is 86.2 Å². The molecule has 0 saturated heterocycles. The number of hydrogen-bond donors (Lipinski definition) is 0. The molecule has 9 aromatic carbocycles. The topological polar surface area (TPSA) is 0 Å². The zero-order valence-corrected chi connectivity index (χ0v) is 22.1. The minimum absolute atomic E-state index is 1.32. The van der Waals surface area contributed by atoms with Gasteiger partial charge in [-0.3, -0.25) is 0 Å². The van der Waals surface area contributed by atoms with Gasteiger partial charge in [0.1, 0.15) is 0 Å². The fourth-order valence-corrected chi connectivity index (χ4v) is 7.51. The van der Waals surface area contributed by atoms with Crippen molar-refractivity contribution in [2.24, 2.45) is 0 Å². The molecule has 0 unspecified atom stereocenters. The quantitative estimate of drug-likeness (QED) is 0.189. The highest BCUT2D eigenvalue weighted by Gasteiger charge is 2.19.